The Kier molecular flexibility index (Phi) is 4.86. The summed E-state index contributed by atoms with van der Waals surface area (Å²) >= 11 is 0. The predicted molar refractivity (Wildman–Crippen MR) is 86.9 cm³/mol. The van der Waals surface area contributed by atoms with Crippen LogP contribution < -0.4 is 10.1 Å². The van der Waals surface area contributed by atoms with Gasteiger partial charge in [-0.05, 0) is 23.8 Å². The Balaban J connectivity index is 1.52. The summed E-state index contributed by atoms with van der Waals surface area (Å²) in [5.74, 6) is 0.169. The second-order valence-electron chi connectivity index (χ2n) is 5.19. The minimum Gasteiger partial charge on any atom is -0.489 e. The smallest absolute Gasteiger partial charge is 0.254 e. The molecule has 1 heterocycles. The summed E-state index contributed by atoms with van der Waals surface area (Å²) in [5.41, 5.74) is 1.93. The zero-order valence-corrected chi connectivity index (χ0v) is 12.8. The van der Waals surface area contributed by atoms with E-state index in [2.05, 4.69) is 15.5 Å². The van der Waals surface area contributed by atoms with Gasteiger partial charge in [0.05, 0.1) is 11.8 Å². The number of aromatic amines is 1. The van der Waals surface area contributed by atoms with E-state index in [0.29, 0.717) is 23.4 Å². The van der Waals surface area contributed by atoms with E-state index in [-0.39, 0.29) is 18.3 Å². The molecule has 0 atom stereocenters. The second kappa shape index (κ2) is 7.41. The highest BCUT2D eigenvalue weighted by atomic mass is 19.1. The van der Waals surface area contributed by atoms with Gasteiger partial charge in [-0.2, -0.15) is 5.10 Å². The first kappa shape index (κ1) is 15.7. The third kappa shape index (κ3) is 3.98. The van der Waals surface area contributed by atoms with E-state index in [9.17, 15) is 9.18 Å². The molecule has 1 amide bonds. The van der Waals surface area contributed by atoms with Crippen LogP contribution in [-0.2, 0) is 13.2 Å². The topological polar surface area (TPSA) is 67.0 Å². The molecule has 1 aromatic heterocycles. The molecule has 0 radical (unpaired) electrons. The van der Waals surface area contributed by atoms with Crippen LogP contribution in [0.15, 0.2) is 60.9 Å². The molecule has 0 unspecified atom stereocenters. The highest BCUT2D eigenvalue weighted by molar-refractivity contribution is 5.93. The highest BCUT2D eigenvalue weighted by Crippen LogP contribution is 2.15. The largest absolute Gasteiger partial charge is 0.489 e. The van der Waals surface area contributed by atoms with Crippen LogP contribution in [0.2, 0.25) is 0 Å². The summed E-state index contributed by atoms with van der Waals surface area (Å²) in [4.78, 5) is 11.8. The van der Waals surface area contributed by atoms with Gasteiger partial charge in [0.15, 0.2) is 0 Å². The van der Waals surface area contributed by atoms with Gasteiger partial charge in [-0.1, -0.05) is 30.3 Å². The van der Waals surface area contributed by atoms with E-state index in [1.807, 2.05) is 12.1 Å². The first-order chi connectivity index (χ1) is 11.7. The van der Waals surface area contributed by atoms with Crippen molar-refractivity contribution in [2.75, 3.05) is 0 Å². The predicted octanol–water partition coefficient (Wildman–Crippen LogP) is 3.06. The lowest BCUT2D eigenvalue weighted by Gasteiger charge is -2.08. The Labute approximate surface area is 138 Å². The zero-order valence-electron chi connectivity index (χ0n) is 12.8. The minimum atomic E-state index is -0.281. The number of H-pyrrole nitrogens is 1. The van der Waals surface area contributed by atoms with Gasteiger partial charge in [-0.25, -0.2) is 4.39 Å². The van der Waals surface area contributed by atoms with Gasteiger partial charge in [-0.15, -0.1) is 0 Å². The Morgan fingerprint density at radius 3 is 2.67 bits per heavy atom. The van der Waals surface area contributed by atoms with Crippen molar-refractivity contribution in [1.29, 1.82) is 0 Å². The van der Waals surface area contributed by atoms with E-state index in [4.69, 9.17) is 4.74 Å². The van der Waals surface area contributed by atoms with Crippen LogP contribution in [0.1, 0.15) is 21.5 Å². The summed E-state index contributed by atoms with van der Waals surface area (Å²) < 4.78 is 19.1. The molecule has 0 saturated carbocycles. The number of ether oxygens (including phenoxy) is 1. The maximum Gasteiger partial charge on any atom is 0.254 e. The fourth-order valence-corrected chi connectivity index (χ4v) is 2.14. The Hall–Kier alpha value is -3.15. The number of rotatable bonds is 6. The van der Waals surface area contributed by atoms with Crippen LogP contribution in [0.5, 0.6) is 5.75 Å². The van der Waals surface area contributed by atoms with E-state index < -0.39 is 0 Å². The van der Waals surface area contributed by atoms with E-state index in [1.54, 1.807) is 30.3 Å². The van der Waals surface area contributed by atoms with Crippen LogP contribution in [0.3, 0.4) is 0 Å². The normalized spacial score (nSPS) is 10.4. The van der Waals surface area contributed by atoms with Crippen molar-refractivity contribution in [1.82, 2.24) is 15.5 Å². The molecule has 0 bridgehead atoms. The Morgan fingerprint density at radius 1 is 1.17 bits per heavy atom. The number of nitrogens with zero attached hydrogens (tertiary/aromatic N) is 1. The zero-order chi connectivity index (χ0) is 16.8. The quantitative estimate of drug-likeness (QED) is 0.732. The van der Waals surface area contributed by atoms with Crippen LogP contribution >= 0.6 is 0 Å². The summed E-state index contributed by atoms with van der Waals surface area (Å²) in [6.07, 6.45) is 3.00. The number of benzene rings is 2. The molecule has 2 aromatic carbocycles. The number of carbonyl (C=O) groups excluding carboxylic acids is 1. The average Bonchev–Trinajstić information content (AvgIpc) is 3.15. The van der Waals surface area contributed by atoms with E-state index >= 15 is 0 Å². The number of halogens is 1. The molecule has 0 aliphatic carbocycles. The molecule has 5 nitrogen and oxygen atoms in total. The minimum absolute atomic E-state index is 0.170. The molecule has 0 aliphatic rings. The summed E-state index contributed by atoms with van der Waals surface area (Å²) in [6.45, 7) is 0.570. The van der Waals surface area contributed by atoms with Crippen LogP contribution in [0.4, 0.5) is 4.39 Å². The molecular weight excluding hydrogens is 309 g/mol. The van der Waals surface area contributed by atoms with Crippen molar-refractivity contribution in [3.05, 3.63) is 83.4 Å². The number of carbonyl (C=O) groups is 1. The van der Waals surface area contributed by atoms with Crippen molar-refractivity contribution >= 4 is 5.91 Å². The van der Waals surface area contributed by atoms with Gasteiger partial charge in [-0.3, -0.25) is 9.89 Å². The van der Waals surface area contributed by atoms with E-state index in [0.717, 1.165) is 5.56 Å². The molecule has 122 valence electrons. The molecule has 0 spiro atoms. The fourth-order valence-electron chi connectivity index (χ4n) is 2.14. The van der Waals surface area contributed by atoms with Crippen molar-refractivity contribution in [2.24, 2.45) is 0 Å². The second-order valence-corrected chi connectivity index (χ2v) is 5.19. The first-order valence-electron chi connectivity index (χ1n) is 7.44. The maximum absolute atomic E-state index is 13.5. The van der Waals surface area contributed by atoms with E-state index in [1.165, 1.54) is 18.5 Å². The molecule has 3 aromatic rings. The summed E-state index contributed by atoms with van der Waals surface area (Å²) in [7, 11) is 0. The molecule has 0 saturated heterocycles. The van der Waals surface area contributed by atoms with Gasteiger partial charge in [0.2, 0.25) is 0 Å². The monoisotopic (exact) mass is 325 g/mol. The third-order valence-corrected chi connectivity index (χ3v) is 3.49. The average molecular weight is 325 g/mol. The molecule has 2 N–H and O–H groups in total. The number of hydrogen-bond donors (Lipinski definition) is 2. The highest BCUT2D eigenvalue weighted by Gasteiger charge is 2.06. The third-order valence-electron chi connectivity index (χ3n) is 3.49. The number of amides is 1. The van der Waals surface area contributed by atoms with Crippen LogP contribution in [-0.4, -0.2) is 16.1 Å². The standard InChI is InChI=1S/C18H16FN3O2/c19-17-4-2-1-3-14(17)12-24-16-7-5-13(6-8-16)9-20-18(23)15-10-21-22-11-15/h1-8,10-11H,9,12H2,(H,20,23)(H,21,22). The van der Waals surface area contributed by atoms with Gasteiger partial charge < -0.3 is 10.1 Å². The summed E-state index contributed by atoms with van der Waals surface area (Å²) in [5, 5.41) is 9.12. The number of hydrogen-bond acceptors (Lipinski definition) is 3. The lowest BCUT2D eigenvalue weighted by molar-refractivity contribution is 0.0951. The van der Waals surface area contributed by atoms with Crippen LogP contribution in [0.25, 0.3) is 0 Å². The Bertz CT molecular complexity index is 801. The maximum atomic E-state index is 13.5. The number of aromatic nitrogens is 2. The lowest BCUT2D eigenvalue weighted by atomic mass is 10.2. The Morgan fingerprint density at radius 2 is 1.96 bits per heavy atom. The van der Waals surface area contributed by atoms with Gasteiger partial charge in [0.25, 0.3) is 5.91 Å². The van der Waals surface area contributed by atoms with Crippen LogP contribution in [0, 0.1) is 5.82 Å². The lowest BCUT2D eigenvalue weighted by Crippen LogP contribution is -2.22. The molecule has 24 heavy (non-hydrogen) atoms. The van der Waals surface area contributed by atoms with Gasteiger partial charge >= 0.3 is 0 Å². The fraction of sp³-hybridized carbons (Fsp3) is 0.111. The van der Waals surface area contributed by atoms with Gasteiger partial charge in [0.1, 0.15) is 18.2 Å². The molecule has 0 fully saturated rings. The molecule has 6 heteroatoms. The first-order valence-corrected chi connectivity index (χ1v) is 7.44. The van der Waals surface area contributed by atoms with Crippen molar-refractivity contribution < 1.29 is 13.9 Å². The molecular formula is C18H16FN3O2. The van der Waals surface area contributed by atoms with Crippen molar-refractivity contribution in [3.63, 3.8) is 0 Å². The van der Waals surface area contributed by atoms with Crippen molar-refractivity contribution in [2.45, 2.75) is 13.2 Å². The summed E-state index contributed by atoms with van der Waals surface area (Å²) in [6, 6.07) is 13.8. The molecule has 3 rings (SSSR count). The number of nitrogens with one attached hydrogen (secondary N) is 2. The molecule has 0 aliphatic heterocycles. The van der Waals surface area contributed by atoms with Gasteiger partial charge in [0, 0.05) is 18.3 Å². The SMILES string of the molecule is O=C(NCc1ccc(OCc2ccccc2F)cc1)c1cn[nH]c1. The van der Waals surface area contributed by atoms with Crippen molar-refractivity contribution in [3.8, 4) is 5.75 Å².